The first-order valence-corrected chi connectivity index (χ1v) is 8.27. The van der Waals surface area contributed by atoms with Crippen molar-refractivity contribution in [3.05, 3.63) is 48.3 Å². The maximum atomic E-state index is 14.5. The number of carbonyl (C=O) groups is 1. The second-order valence-corrected chi connectivity index (χ2v) is 6.02. The summed E-state index contributed by atoms with van der Waals surface area (Å²) in [5.74, 6) is 5.89. The van der Waals surface area contributed by atoms with Gasteiger partial charge in [0.1, 0.15) is 11.6 Å². The highest BCUT2D eigenvalue weighted by Crippen LogP contribution is 2.27. The number of urea groups is 1. The Morgan fingerprint density at radius 1 is 1.08 bits per heavy atom. The number of primary amides is 1. The lowest BCUT2D eigenvalue weighted by Crippen LogP contribution is -2.47. The number of anilines is 3. The van der Waals surface area contributed by atoms with Gasteiger partial charge in [-0.1, -0.05) is 0 Å². The van der Waals surface area contributed by atoms with Crippen molar-refractivity contribution >= 4 is 23.1 Å². The van der Waals surface area contributed by atoms with Crippen LogP contribution in [0.1, 0.15) is 0 Å². The molecular formula is C18H22FN5O2. The number of hydrogen-bond acceptors (Lipinski definition) is 5. The van der Waals surface area contributed by atoms with E-state index in [0.717, 1.165) is 24.5 Å². The predicted octanol–water partition coefficient (Wildman–Crippen LogP) is 1.92. The number of benzene rings is 2. The number of hydrogen-bond donors (Lipinski definition) is 2. The van der Waals surface area contributed by atoms with Gasteiger partial charge in [0, 0.05) is 37.9 Å². The van der Waals surface area contributed by atoms with E-state index in [4.69, 9.17) is 16.3 Å². The number of carbonyl (C=O) groups excluding carboxylic acids is 1. The Morgan fingerprint density at radius 2 is 1.69 bits per heavy atom. The third kappa shape index (κ3) is 3.65. The topological polar surface area (TPSA) is 88.1 Å². The van der Waals surface area contributed by atoms with Gasteiger partial charge < -0.3 is 20.3 Å². The van der Waals surface area contributed by atoms with Gasteiger partial charge in [-0.2, -0.15) is 0 Å². The smallest absolute Gasteiger partial charge is 0.333 e. The zero-order chi connectivity index (χ0) is 18.7. The SMILES string of the molecule is COc1ccc(N2CCN(c3ccc(N(N)C(N)=O)cc3F)CC2)cc1. The number of piperazine rings is 1. The first kappa shape index (κ1) is 17.8. The van der Waals surface area contributed by atoms with Crippen molar-refractivity contribution in [2.24, 2.45) is 11.6 Å². The normalized spacial score (nSPS) is 14.3. The van der Waals surface area contributed by atoms with Crippen LogP contribution in [0.5, 0.6) is 5.75 Å². The van der Waals surface area contributed by atoms with Crippen LogP contribution >= 0.6 is 0 Å². The van der Waals surface area contributed by atoms with Crippen LogP contribution in [0.4, 0.5) is 26.2 Å². The highest BCUT2D eigenvalue weighted by atomic mass is 19.1. The van der Waals surface area contributed by atoms with Gasteiger partial charge in [-0.25, -0.2) is 20.0 Å². The Labute approximate surface area is 151 Å². The van der Waals surface area contributed by atoms with Crippen LogP contribution in [0.2, 0.25) is 0 Å². The molecule has 0 bridgehead atoms. The Morgan fingerprint density at radius 3 is 2.23 bits per heavy atom. The molecule has 0 aliphatic carbocycles. The molecule has 1 heterocycles. The minimum absolute atomic E-state index is 0.218. The third-order valence-electron chi connectivity index (χ3n) is 4.50. The Hall–Kier alpha value is -3.00. The largest absolute Gasteiger partial charge is 0.497 e. The summed E-state index contributed by atoms with van der Waals surface area (Å²) in [6, 6.07) is 11.5. The summed E-state index contributed by atoms with van der Waals surface area (Å²) in [6.07, 6.45) is 0. The molecule has 0 aromatic heterocycles. The standard InChI is InChI=1S/C18H22FN5O2/c1-26-15-5-2-13(3-6-15)22-8-10-23(11-9-22)17-7-4-14(12-16(17)19)24(21)18(20)25/h2-7,12H,8-11,21H2,1H3,(H2,20,25). The Balaban J connectivity index is 1.66. The lowest BCUT2D eigenvalue weighted by Gasteiger charge is -2.37. The van der Waals surface area contributed by atoms with Gasteiger partial charge in [0.15, 0.2) is 0 Å². The molecule has 1 aliphatic rings. The van der Waals surface area contributed by atoms with Gasteiger partial charge in [-0.3, -0.25) is 0 Å². The fourth-order valence-corrected chi connectivity index (χ4v) is 3.03. The number of nitrogens with zero attached hydrogens (tertiary/aromatic N) is 3. The van der Waals surface area contributed by atoms with E-state index in [9.17, 15) is 9.18 Å². The summed E-state index contributed by atoms with van der Waals surface area (Å²) in [7, 11) is 1.64. The molecule has 3 rings (SSSR count). The van der Waals surface area contributed by atoms with Gasteiger partial charge in [-0.05, 0) is 36.4 Å². The lowest BCUT2D eigenvalue weighted by atomic mass is 10.2. The maximum Gasteiger partial charge on any atom is 0.333 e. The first-order valence-electron chi connectivity index (χ1n) is 8.27. The lowest BCUT2D eigenvalue weighted by molar-refractivity contribution is 0.254. The minimum Gasteiger partial charge on any atom is -0.497 e. The molecule has 2 aromatic carbocycles. The van der Waals surface area contributed by atoms with Crippen LogP contribution in [0, 0.1) is 5.82 Å². The van der Waals surface area contributed by atoms with Crippen LogP contribution in [0.15, 0.2) is 42.5 Å². The van der Waals surface area contributed by atoms with Gasteiger partial charge >= 0.3 is 6.03 Å². The third-order valence-corrected chi connectivity index (χ3v) is 4.50. The molecule has 8 heteroatoms. The second-order valence-electron chi connectivity index (χ2n) is 6.02. The van der Waals surface area contributed by atoms with Gasteiger partial charge in [0.25, 0.3) is 0 Å². The van der Waals surface area contributed by atoms with Gasteiger partial charge in [0.05, 0.1) is 18.5 Å². The van der Waals surface area contributed by atoms with Crippen molar-refractivity contribution in [2.45, 2.75) is 0 Å². The van der Waals surface area contributed by atoms with E-state index >= 15 is 0 Å². The zero-order valence-corrected chi connectivity index (χ0v) is 14.6. The fraction of sp³-hybridized carbons (Fsp3) is 0.278. The maximum absolute atomic E-state index is 14.5. The summed E-state index contributed by atoms with van der Waals surface area (Å²) in [5.41, 5.74) is 6.92. The van der Waals surface area contributed by atoms with E-state index in [1.54, 1.807) is 19.2 Å². The predicted molar refractivity (Wildman–Crippen MR) is 100 cm³/mol. The Kier molecular flexibility index (Phi) is 5.13. The molecule has 2 aromatic rings. The molecule has 2 amide bonds. The number of methoxy groups -OCH3 is 1. The highest BCUT2D eigenvalue weighted by Gasteiger charge is 2.21. The summed E-state index contributed by atoms with van der Waals surface area (Å²) < 4.78 is 19.6. The summed E-state index contributed by atoms with van der Waals surface area (Å²) in [5, 5.41) is 0.717. The van der Waals surface area contributed by atoms with Crippen LogP contribution < -0.4 is 31.1 Å². The molecule has 138 valence electrons. The molecule has 0 unspecified atom stereocenters. The van der Waals surface area contributed by atoms with E-state index in [0.29, 0.717) is 23.8 Å². The highest BCUT2D eigenvalue weighted by molar-refractivity contribution is 5.89. The summed E-state index contributed by atoms with van der Waals surface area (Å²) in [6.45, 7) is 2.92. The molecule has 7 nitrogen and oxygen atoms in total. The van der Waals surface area contributed by atoms with Crippen LogP contribution in [-0.4, -0.2) is 39.3 Å². The van der Waals surface area contributed by atoms with Crippen molar-refractivity contribution in [2.75, 3.05) is 48.1 Å². The average Bonchev–Trinajstić information content (AvgIpc) is 2.67. The van der Waals surface area contributed by atoms with Crippen molar-refractivity contribution in [3.8, 4) is 5.75 Å². The zero-order valence-electron chi connectivity index (χ0n) is 14.6. The fourth-order valence-electron chi connectivity index (χ4n) is 3.03. The molecule has 0 spiro atoms. The number of rotatable bonds is 4. The van der Waals surface area contributed by atoms with Crippen molar-refractivity contribution in [1.29, 1.82) is 0 Å². The van der Waals surface area contributed by atoms with E-state index in [-0.39, 0.29) is 5.69 Å². The number of halogens is 1. The number of hydrazine groups is 1. The molecular weight excluding hydrogens is 337 g/mol. The van der Waals surface area contributed by atoms with Crippen molar-refractivity contribution < 1.29 is 13.9 Å². The van der Waals surface area contributed by atoms with Crippen molar-refractivity contribution in [1.82, 2.24) is 0 Å². The second kappa shape index (κ2) is 7.49. The van der Waals surface area contributed by atoms with Crippen LogP contribution in [0.25, 0.3) is 0 Å². The molecule has 0 radical (unpaired) electrons. The molecule has 4 N–H and O–H groups in total. The van der Waals surface area contributed by atoms with Gasteiger partial charge in [-0.15, -0.1) is 0 Å². The molecule has 0 atom stereocenters. The van der Waals surface area contributed by atoms with E-state index in [2.05, 4.69) is 4.90 Å². The average molecular weight is 359 g/mol. The number of nitrogens with two attached hydrogens (primary N) is 2. The Bertz CT molecular complexity index is 776. The molecule has 1 aliphatic heterocycles. The van der Waals surface area contributed by atoms with Crippen LogP contribution in [-0.2, 0) is 0 Å². The molecule has 1 saturated heterocycles. The van der Waals surface area contributed by atoms with Gasteiger partial charge in [0.2, 0.25) is 0 Å². The number of ether oxygens (including phenoxy) is 1. The molecule has 26 heavy (non-hydrogen) atoms. The quantitative estimate of drug-likeness (QED) is 0.495. The van der Waals surface area contributed by atoms with Crippen LogP contribution in [0.3, 0.4) is 0 Å². The molecule has 1 fully saturated rings. The molecule has 0 saturated carbocycles. The minimum atomic E-state index is -0.842. The summed E-state index contributed by atoms with van der Waals surface area (Å²) in [4.78, 5) is 15.3. The van der Waals surface area contributed by atoms with E-state index in [1.807, 2.05) is 29.2 Å². The summed E-state index contributed by atoms with van der Waals surface area (Å²) >= 11 is 0. The first-order chi connectivity index (χ1) is 12.5. The number of amides is 2. The van der Waals surface area contributed by atoms with E-state index in [1.165, 1.54) is 6.07 Å². The monoisotopic (exact) mass is 359 g/mol. The van der Waals surface area contributed by atoms with Crippen molar-refractivity contribution in [3.63, 3.8) is 0 Å². The van der Waals surface area contributed by atoms with E-state index < -0.39 is 11.8 Å².